The Morgan fingerprint density at radius 2 is 1.67 bits per heavy atom. The predicted octanol–water partition coefficient (Wildman–Crippen LogP) is 2.89. The smallest absolute Gasteiger partial charge is 0.00914 e. The third kappa shape index (κ3) is 6.77. The molecule has 0 aliphatic heterocycles. The molecule has 0 spiro atoms. The van der Waals surface area contributed by atoms with Crippen molar-refractivity contribution in [2.45, 2.75) is 46.1 Å². The molecule has 0 saturated carbocycles. The highest BCUT2D eigenvalue weighted by atomic mass is 14.9. The first kappa shape index (κ1) is 15.2. The highest BCUT2D eigenvalue weighted by molar-refractivity contribution is 5.21. The molecule has 2 nitrogen and oxygen atoms in total. The van der Waals surface area contributed by atoms with Crippen molar-refractivity contribution in [1.29, 1.82) is 0 Å². The van der Waals surface area contributed by atoms with E-state index in [1.54, 1.807) is 0 Å². The number of nitrogens with one attached hydrogen (secondary N) is 1. The van der Waals surface area contributed by atoms with Gasteiger partial charge in [-0.25, -0.2) is 0 Å². The van der Waals surface area contributed by atoms with Gasteiger partial charge in [0.05, 0.1) is 0 Å². The molecule has 18 heavy (non-hydrogen) atoms. The molecule has 1 aromatic carbocycles. The number of benzene rings is 1. The van der Waals surface area contributed by atoms with E-state index in [4.69, 9.17) is 5.73 Å². The van der Waals surface area contributed by atoms with Gasteiger partial charge in [-0.05, 0) is 50.8 Å². The Morgan fingerprint density at radius 3 is 2.28 bits per heavy atom. The molecule has 0 aliphatic carbocycles. The van der Waals surface area contributed by atoms with Crippen molar-refractivity contribution in [3.63, 3.8) is 0 Å². The molecule has 0 fully saturated rings. The van der Waals surface area contributed by atoms with E-state index in [9.17, 15) is 0 Å². The molecular weight excluding hydrogens is 220 g/mol. The van der Waals surface area contributed by atoms with Gasteiger partial charge in [0.15, 0.2) is 0 Å². The normalized spacial score (nSPS) is 12.9. The SMILES string of the molecule is Cc1ccc(C[C@H](N)CCNCCC(C)C)cc1. The van der Waals surface area contributed by atoms with Crippen LogP contribution in [0.2, 0.25) is 0 Å². The average molecular weight is 248 g/mol. The van der Waals surface area contributed by atoms with Crippen LogP contribution in [0.4, 0.5) is 0 Å². The van der Waals surface area contributed by atoms with E-state index in [0.29, 0.717) is 0 Å². The number of aryl methyl sites for hydroxylation is 1. The van der Waals surface area contributed by atoms with Crippen molar-refractivity contribution in [3.8, 4) is 0 Å². The minimum absolute atomic E-state index is 0.263. The number of hydrogen-bond acceptors (Lipinski definition) is 2. The summed E-state index contributed by atoms with van der Waals surface area (Å²) in [5.74, 6) is 0.777. The fraction of sp³-hybridized carbons (Fsp3) is 0.625. The van der Waals surface area contributed by atoms with Crippen molar-refractivity contribution < 1.29 is 0 Å². The molecule has 2 heteroatoms. The van der Waals surface area contributed by atoms with Gasteiger partial charge in [-0.1, -0.05) is 43.7 Å². The van der Waals surface area contributed by atoms with E-state index < -0.39 is 0 Å². The van der Waals surface area contributed by atoms with E-state index in [1.165, 1.54) is 17.5 Å². The zero-order chi connectivity index (χ0) is 13.4. The van der Waals surface area contributed by atoms with Gasteiger partial charge in [0.1, 0.15) is 0 Å². The summed E-state index contributed by atoms with van der Waals surface area (Å²) in [6, 6.07) is 8.94. The van der Waals surface area contributed by atoms with Crippen molar-refractivity contribution in [2.24, 2.45) is 11.7 Å². The largest absolute Gasteiger partial charge is 0.327 e. The molecule has 1 atom stereocenters. The minimum atomic E-state index is 0.263. The summed E-state index contributed by atoms with van der Waals surface area (Å²) in [6.07, 6.45) is 3.27. The van der Waals surface area contributed by atoms with E-state index in [2.05, 4.69) is 50.4 Å². The van der Waals surface area contributed by atoms with Crippen LogP contribution in [0, 0.1) is 12.8 Å². The fourth-order valence-electron chi connectivity index (χ4n) is 1.93. The second-order valence-corrected chi connectivity index (χ2v) is 5.67. The molecule has 0 heterocycles. The summed E-state index contributed by atoms with van der Waals surface area (Å²) in [7, 11) is 0. The molecule has 102 valence electrons. The maximum atomic E-state index is 6.15. The lowest BCUT2D eigenvalue weighted by Crippen LogP contribution is -2.29. The Morgan fingerprint density at radius 1 is 1.06 bits per heavy atom. The van der Waals surface area contributed by atoms with E-state index >= 15 is 0 Å². The summed E-state index contributed by atoms with van der Waals surface area (Å²) in [6.45, 7) is 8.76. The topological polar surface area (TPSA) is 38.0 Å². The second-order valence-electron chi connectivity index (χ2n) is 5.67. The van der Waals surface area contributed by atoms with E-state index in [0.717, 1.165) is 31.8 Å². The lowest BCUT2D eigenvalue weighted by molar-refractivity contribution is 0.509. The minimum Gasteiger partial charge on any atom is -0.327 e. The van der Waals surface area contributed by atoms with Gasteiger partial charge in [-0.3, -0.25) is 0 Å². The summed E-state index contributed by atoms with van der Waals surface area (Å²) in [5.41, 5.74) is 8.80. The molecule has 1 aromatic rings. The Hall–Kier alpha value is -0.860. The molecule has 0 unspecified atom stereocenters. The maximum absolute atomic E-state index is 6.15. The third-order valence-electron chi connectivity index (χ3n) is 3.21. The lowest BCUT2D eigenvalue weighted by Gasteiger charge is -2.13. The van der Waals surface area contributed by atoms with Crippen LogP contribution in [0.15, 0.2) is 24.3 Å². The van der Waals surface area contributed by atoms with E-state index in [1.807, 2.05) is 0 Å². The van der Waals surface area contributed by atoms with Crippen LogP contribution in [0.1, 0.15) is 37.8 Å². The predicted molar refractivity (Wildman–Crippen MR) is 79.8 cm³/mol. The highest BCUT2D eigenvalue weighted by Crippen LogP contribution is 2.06. The van der Waals surface area contributed by atoms with Gasteiger partial charge in [-0.2, -0.15) is 0 Å². The van der Waals surface area contributed by atoms with Crippen molar-refractivity contribution in [3.05, 3.63) is 35.4 Å². The zero-order valence-corrected chi connectivity index (χ0v) is 12.1. The van der Waals surface area contributed by atoms with Gasteiger partial charge < -0.3 is 11.1 Å². The fourth-order valence-corrected chi connectivity index (χ4v) is 1.93. The van der Waals surface area contributed by atoms with Gasteiger partial charge in [0.25, 0.3) is 0 Å². The molecule has 0 bridgehead atoms. The van der Waals surface area contributed by atoms with Gasteiger partial charge in [-0.15, -0.1) is 0 Å². The summed E-state index contributed by atoms with van der Waals surface area (Å²) < 4.78 is 0. The maximum Gasteiger partial charge on any atom is 0.00914 e. The Kier molecular flexibility index (Phi) is 6.99. The quantitative estimate of drug-likeness (QED) is 0.694. The second kappa shape index (κ2) is 8.28. The first-order chi connectivity index (χ1) is 8.58. The van der Waals surface area contributed by atoms with Gasteiger partial charge >= 0.3 is 0 Å². The number of nitrogens with two attached hydrogens (primary N) is 1. The summed E-state index contributed by atoms with van der Waals surface area (Å²) in [5, 5.41) is 3.46. The molecule has 0 aliphatic rings. The monoisotopic (exact) mass is 248 g/mol. The highest BCUT2D eigenvalue weighted by Gasteiger charge is 2.03. The van der Waals surface area contributed by atoms with Crippen LogP contribution in [0.3, 0.4) is 0 Å². The number of rotatable bonds is 8. The van der Waals surface area contributed by atoms with Gasteiger partial charge in [0, 0.05) is 6.04 Å². The van der Waals surface area contributed by atoms with Crippen LogP contribution in [0.5, 0.6) is 0 Å². The lowest BCUT2D eigenvalue weighted by atomic mass is 10.0. The van der Waals surface area contributed by atoms with Crippen molar-refractivity contribution in [1.82, 2.24) is 5.32 Å². The summed E-state index contributed by atoms with van der Waals surface area (Å²) in [4.78, 5) is 0. The summed E-state index contributed by atoms with van der Waals surface area (Å²) >= 11 is 0. The van der Waals surface area contributed by atoms with Gasteiger partial charge in [0.2, 0.25) is 0 Å². The van der Waals surface area contributed by atoms with Crippen LogP contribution in [0.25, 0.3) is 0 Å². The van der Waals surface area contributed by atoms with Crippen LogP contribution >= 0.6 is 0 Å². The van der Waals surface area contributed by atoms with Crippen molar-refractivity contribution >= 4 is 0 Å². The standard InChI is InChI=1S/C16H28N2/c1-13(2)8-10-18-11-9-16(17)12-15-6-4-14(3)5-7-15/h4-7,13,16,18H,8-12,17H2,1-3H3/t16-/m1/s1. The molecule has 0 amide bonds. The third-order valence-corrected chi connectivity index (χ3v) is 3.21. The van der Waals surface area contributed by atoms with Crippen LogP contribution < -0.4 is 11.1 Å². The Balaban J connectivity index is 2.13. The van der Waals surface area contributed by atoms with Crippen LogP contribution in [-0.2, 0) is 6.42 Å². The van der Waals surface area contributed by atoms with Crippen molar-refractivity contribution in [2.75, 3.05) is 13.1 Å². The Bertz CT molecular complexity index is 316. The first-order valence-corrected chi connectivity index (χ1v) is 7.09. The molecular formula is C16H28N2. The molecule has 1 rings (SSSR count). The van der Waals surface area contributed by atoms with E-state index in [-0.39, 0.29) is 6.04 Å². The Labute approximate surface area is 112 Å². The van der Waals surface area contributed by atoms with Crippen LogP contribution in [-0.4, -0.2) is 19.1 Å². The molecule has 3 N–H and O–H groups in total. The molecule has 0 aromatic heterocycles. The average Bonchev–Trinajstić information content (AvgIpc) is 2.31. The zero-order valence-electron chi connectivity index (χ0n) is 12.1. The molecule has 0 saturated heterocycles. The molecule has 0 radical (unpaired) electrons. The first-order valence-electron chi connectivity index (χ1n) is 7.09. The number of hydrogen-bond donors (Lipinski definition) is 2.